The SMILES string of the molecule is COc1cc2ncnc(Nc3ccc(Oc4ccc5ncsc5c4)c(Cl)c3)c2cc1OC1CN(C(=O)OC(C)(C)C)C1. The Labute approximate surface area is 251 Å². The van der Waals surface area contributed by atoms with E-state index in [2.05, 4.69) is 20.3 Å². The largest absolute Gasteiger partial charge is 0.493 e. The van der Waals surface area contributed by atoms with E-state index in [0.717, 1.165) is 21.3 Å². The number of ether oxygens (including phenoxy) is 4. The summed E-state index contributed by atoms with van der Waals surface area (Å²) in [6.07, 6.45) is 0.918. The number of likely N-dealkylation sites (tertiary alicyclic amines) is 1. The first-order valence-corrected chi connectivity index (χ1v) is 14.5. The van der Waals surface area contributed by atoms with Crippen molar-refractivity contribution in [2.24, 2.45) is 0 Å². The van der Waals surface area contributed by atoms with Crippen LogP contribution in [0.4, 0.5) is 16.3 Å². The number of halogens is 1. The predicted octanol–water partition coefficient (Wildman–Crippen LogP) is 7.44. The molecular formula is C30H28ClN5O5S. The fourth-order valence-corrected chi connectivity index (χ4v) is 5.33. The molecule has 0 bridgehead atoms. The van der Waals surface area contributed by atoms with Gasteiger partial charge in [-0.05, 0) is 57.2 Å². The number of amides is 1. The van der Waals surface area contributed by atoms with Crippen molar-refractivity contribution in [1.82, 2.24) is 19.9 Å². The number of thiazole rings is 1. The first-order valence-electron chi connectivity index (χ1n) is 13.2. The lowest BCUT2D eigenvalue weighted by Crippen LogP contribution is -2.57. The molecule has 5 aromatic rings. The number of methoxy groups -OCH3 is 1. The van der Waals surface area contributed by atoms with Gasteiger partial charge >= 0.3 is 6.09 Å². The average molecular weight is 606 g/mol. The minimum Gasteiger partial charge on any atom is -0.493 e. The van der Waals surface area contributed by atoms with E-state index in [9.17, 15) is 4.79 Å². The molecule has 1 aliphatic rings. The third kappa shape index (κ3) is 5.97. The van der Waals surface area contributed by atoms with E-state index >= 15 is 0 Å². The topological polar surface area (TPSA) is 108 Å². The van der Waals surface area contributed by atoms with Gasteiger partial charge in [-0.15, -0.1) is 11.3 Å². The molecule has 0 atom stereocenters. The number of aromatic nitrogens is 3. The second-order valence-corrected chi connectivity index (χ2v) is 12.0. The van der Waals surface area contributed by atoms with E-state index in [1.54, 1.807) is 47.1 Å². The maximum Gasteiger partial charge on any atom is 0.410 e. The molecule has 6 rings (SSSR count). The number of hydrogen-bond donors (Lipinski definition) is 1. The highest BCUT2D eigenvalue weighted by molar-refractivity contribution is 7.16. The molecule has 1 amide bonds. The van der Waals surface area contributed by atoms with Crippen LogP contribution in [-0.4, -0.2) is 57.8 Å². The van der Waals surface area contributed by atoms with Crippen LogP contribution in [0.5, 0.6) is 23.0 Å². The van der Waals surface area contributed by atoms with Crippen molar-refractivity contribution in [2.75, 3.05) is 25.5 Å². The molecule has 1 aliphatic heterocycles. The zero-order valence-corrected chi connectivity index (χ0v) is 25.0. The standard InChI is InChI=1S/C30H28ClN5O5S/c1-30(2,3)41-29(37)36-13-19(14-36)40-26-11-20-23(12-25(26)38-4)32-15-33-28(20)35-17-5-8-24(21(31)9-17)39-18-6-7-22-27(10-18)42-16-34-22/h5-12,15-16,19H,13-14H2,1-4H3,(H,32,33,35). The first kappa shape index (κ1) is 27.8. The molecule has 0 unspecified atom stereocenters. The highest BCUT2D eigenvalue weighted by Gasteiger charge is 2.35. The van der Waals surface area contributed by atoms with Crippen LogP contribution in [0.15, 0.2) is 60.4 Å². The van der Waals surface area contributed by atoms with Crippen molar-refractivity contribution < 1.29 is 23.7 Å². The van der Waals surface area contributed by atoms with Gasteiger partial charge in [-0.1, -0.05) is 11.6 Å². The fraction of sp³-hybridized carbons (Fsp3) is 0.267. The summed E-state index contributed by atoms with van der Waals surface area (Å²) in [6.45, 7) is 6.35. The van der Waals surface area contributed by atoms with E-state index in [1.165, 1.54) is 6.33 Å². The van der Waals surface area contributed by atoms with Crippen molar-refractivity contribution in [3.05, 3.63) is 65.4 Å². The van der Waals surface area contributed by atoms with Crippen molar-refractivity contribution in [3.8, 4) is 23.0 Å². The normalized spacial score (nSPS) is 13.6. The Balaban J connectivity index is 1.18. The predicted molar refractivity (Wildman–Crippen MR) is 163 cm³/mol. The summed E-state index contributed by atoms with van der Waals surface area (Å²) in [7, 11) is 1.57. The molecule has 42 heavy (non-hydrogen) atoms. The summed E-state index contributed by atoms with van der Waals surface area (Å²) in [5.41, 5.74) is 3.57. The molecule has 0 aliphatic carbocycles. The van der Waals surface area contributed by atoms with Crippen LogP contribution in [0.1, 0.15) is 20.8 Å². The van der Waals surface area contributed by atoms with Gasteiger partial charge in [0.2, 0.25) is 0 Å². The molecule has 0 radical (unpaired) electrons. The van der Waals surface area contributed by atoms with E-state index in [1.807, 2.05) is 51.1 Å². The molecule has 1 N–H and O–H groups in total. The summed E-state index contributed by atoms with van der Waals surface area (Å²) < 4.78 is 24.3. The molecule has 1 saturated heterocycles. The lowest BCUT2D eigenvalue weighted by molar-refractivity contribution is -0.0225. The number of benzene rings is 3. The molecule has 2 aromatic heterocycles. The maximum atomic E-state index is 12.3. The smallest absolute Gasteiger partial charge is 0.410 e. The van der Waals surface area contributed by atoms with Gasteiger partial charge in [0.1, 0.15) is 35.3 Å². The van der Waals surface area contributed by atoms with E-state index in [0.29, 0.717) is 52.4 Å². The highest BCUT2D eigenvalue weighted by atomic mass is 35.5. The minimum absolute atomic E-state index is 0.201. The molecule has 12 heteroatoms. The Morgan fingerprint density at radius 1 is 1.00 bits per heavy atom. The number of carbonyl (C=O) groups is 1. The monoisotopic (exact) mass is 605 g/mol. The van der Waals surface area contributed by atoms with Crippen molar-refractivity contribution in [3.63, 3.8) is 0 Å². The van der Waals surface area contributed by atoms with Gasteiger partial charge in [-0.3, -0.25) is 0 Å². The van der Waals surface area contributed by atoms with Gasteiger partial charge in [-0.2, -0.15) is 0 Å². The third-order valence-corrected chi connectivity index (χ3v) is 7.53. The number of fused-ring (bicyclic) bond motifs is 2. The second kappa shape index (κ2) is 11.1. The molecule has 3 aromatic carbocycles. The Morgan fingerprint density at radius 2 is 1.83 bits per heavy atom. The van der Waals surface area contributed by atoms with Gasteiger partial charge in [0.05, 0.1) is 46.5 Å². The lowest BCUT2D eigenvalue weighted by Gasteiger charge is -2.39. The summed E-state index contributed by atoms with van der Waals surface area (Å²) in [4.78, 5) is 27.1. The number of nitrogens with zero attached hydrogens (tertiary/aromatic N) is 4. The molecule has 216 valence electrons. The zero-order valence-electron chi connectivity index (χ0n) is 23.4. The van der Waals surface area contributed by atoms with Crippen LogP contribution in [0, 0.1) is 0 Å². The summed E-state index contributed by atoms with van der Waals surface area (Å²) in [5.74, 6) is 2.83. The van der Waals surface area contributed by atoms with Crippen molar-refractivity contribution in [2.45, 2.75) is 32.5 Å². The van der Waals surface area contributed by atoms with Crippen LogP contribution in [0.25, 0.3) is 21.1 Å². The van der Waals surface area contributed by atoms with Crippen LogP contribution in [-0.2, 0) is 4.74 Å². The molecule has 1 fully saturated rings. The maximum absolute atomic E-state index is 12.3. The van der Waals surface area contributed by atoms with Crippen molar-refractivity contribution in [1.29, 1.82) is 0 Å². The number of hydrogen-bond acceptors (Lipinski definition) is 10. The summed E-state index contributed by atoms with van der Waals surface area (Å²) >= 11 is 8.14. The summed E-state index contributed by atoms with van der Waals surface area (Å²) in [6, 6.07) is 14.8. The van der Waals surface area contributed by atoms with E-state index < -0.39 is 5.60 Å². The lowest BCUT2D eigenvalue weighted by atomic mass is 10.1. The van der Waals surface area contributed by atoms with E-state index in [-0.39, 0.29) is 12.2 Å². The Kier molecular flexibility index (Phi) is 7.38. The quantitative estimate of drug-likeness (QED) is 0.202. The summed E-state index contributed by atoms with van der Waals surface area (Å²) in [5, 5.41) is 4.49. The zero-order chi connectivity index (χ0) is 29.4. The first-order chi connectivity index (χ1) is 20.1. The van der Waals surface area contributed by atoms with Crippen LogP contribution >= 0.6 is 22.9 Å². The Hall–Kier alpha value is -4.35. The number of anilines is 2. The molecular weight excluding hydrogens is 578 g/mol. The number of nitrogens with one attached hydrogen (secondary N) is 1. The highest BCUT2D eigenvalue weighted by Crippen LogP contribution is 2.38. The average Bonchev–Trinajstić information content (AvgIpc) is 3.39. The number of rotatable bonds is 7. The molecule has 10 nitrogen and oxygen atoms in total. The third-order valence-electron chi connectivity index (χ3n) is 6.44. The Morgan fingerprint density at radius 3 is 2.60 bits per heavy atom. The van der Waals surface area contributed by atoms with Gasteiger partial charge in [-0.25, -0.2) is 19.7 Å². The van der Waals surface area contributed by atoms with Gasteiger partial charge in [0.15, 0.2) is 11.5 Å². The molecule has 0 saturated carbocycles. The van der Waals surface area contributed by atoms with Crippen molar-refractivity contribution >= 4 is 61.7 Å². The number of carbonyl (C=O) groups excluding carboxylic acids is 1. The van der Waals surface area contributed by atoms with Gasteiger partial charge < -0.3 is 29.2 Å². The van der Waals surface area contributed by atoms with Gasteiger partial charge in [0.25, 0.3) is 0 Å². The second-order valence-electron chi connectivity index (χ2n) is 10.7. The molecule has 0 spiro atoms. The fourth-order valence-electron chi connectivity index (χ4n) is 4.41. The Bertz CT molecular complexity index is 1780. The van der Waals surface area contributed by atoms with Crippen LogP contribution in [0.2, 0.25) is 5.02 Å². The van der Waals surface area contributed by atoms with E-state index in [4.69, 9.17) is 30.5 Å². The molecule has 3 heterocycles. The minimum atomic E-state index is -0.553. The van der Waals surface area contributed by atoms with Crippen LogP contribution < -0.4 is 19.5 Å². The van der Waals surface area contributed by atoms with Gasteiger partial charge in [0, 0.05) is 23.2 Å². The van der Waals surface area contributed by atoms with Crippen LogP contribution in [0.3, 0.4) is 0 Å².